The predicted molar refractivity (Wildman–Crippen MR) is 101 cm³/mol. The first-order valence-corrected chi connectivity index (χ1v) is 9.02. The Hall–Kier alpha value is -1.95. The molecule has 0 aromatic heterocycles. The molecule has 1 saturated heterocycles. The second-order valence-corrected chi connectivity index (χ2v) is 7.13. The van der Waals surface area contributed by atoms with Gasteiger partial charge in [-0.1, -0.05) is 40.9 Å². The van der Waals surface area contributed by atoms with Gasteiger partial charge in [0.2, 0.25) is 0 Å². The van der Waals surface area contributed by atoms with Gasteiger partial charge in [0.25, 0.3) is 11.8 Å². The summed E-state index contributed by atoms with van der Waals surface area (Å²) in [5.74, 6) is -0.610. The third kappa shape index (κ3) is 3.90. The number of nitrogens with zero attached hydrogens (tertiary/aromatic N) is 2. The van der Waals surface area contributed by atoms with Crippen molar-refractivity contribution < 1.29 is 14.7 Å². The molecule has 0 bridgehead atoms. The standard InChI is InChI=1S/C18H15Cl3N2O3/c19-13-3-1-2-11(8-13)17(25)22-4-6-23(7-5-22)18(26)12-9-14(20)16(24)15(21)10-12/h1-3,8-10,24H,4-7H2. The highest BCUT2D eigenvalue weighted by Gasteiger charge is 2.26. The highest BCUT2D eigenvalue weighted by Crippen LogP contribution is 2.33. The molecule has 2 aromatic carbocycles. The SMILES string of the molecule is O=C(c1cccc(Cl)c1)N1CCN(C(=O)c2cc(Cl)c(O)c(Cl)c2)CC1. The maximum atomic E-state index is 12.6. The van der Waals surface area contributed by atoms with Gasteiger partial charge in [-0.2, -0.15) is 0 Å². The fourth-order valence-corrected chi connectivity index (χ4v) is 3.47. The van der Waals surface area contributed by atoms with Gasteiger partial charge in [-0.3, -0.25) is 9.59 Å². The Balaban J connectivity index is 1.66. The van der Waals surface area contributed by atoms with Gasteiger partial charge in [0, 0.05) is 42.3 Å². The number of benzene rings is 2. The van der Waals surface area contributed by atoms with Crippen molar-refractivity contribution in [3.05, 3.63) is 62.6 Å². The first kappa shape index (κ1) is 18.8. The molecule has 1 aliphatic rings. The molecule has 3 rings (SSSR count). The average Bonchev–Trinajstić information content (AvgIpc) is 2.64. The molecule has 5 nitrogen and oxygen atoms in total. The van der Waals surface area contributed by atoms with Crippen LogP contribution in [0.25, 0.3) is 0 Å². The summed E-state index contributed by atoms with van der Waals surface area (Å²) in [6.45, 7) is 1.61. The summed E-state index contributed by atoms with van der Waals surface area (Å²) in [4.78, 5) is 28.5. The molecule has 1 aliphatic heterocycles. The molecule has 0 saturated carbocycles. The van der Waals surface area contributed by atoms with Gasteiger partial charge in [-0.05, 0) is 30.3 Å². The summed E-state index contributed by atoms with van der Waals surface area (Å²) in [6, 6.07) is 9.55. The van der Waals surface area contributed by atoms with E-state index < -0.39 is 0 Å². The lowest BCUT2D eigenvalue weighted by molar-refractivity contribution is 0.0535. The Labute approximate surface area is 165 Å². The van der Waals surface area contributed by atoms with E-state index in [1.807, 2.05) is 0 Å². The van der Waals surface area contributed by atoms with E-state index in [0.717, 1.165) is 0 Å². The minimum absolute atomic E-state index is 0.0237. The Morgan fingerprint density at radius 3 is 1.81 bits per heavy atom. The average molecular weight is 414 g/mol. The van der Waals surface area contributed by atoms with E-state index >= 15 is 0 Å². The molecule has 0 spiro atoms. The van der Waals surface area contributed by atoms with Crippen LogP contribution in [-0.4, -0.2) is 52.9 Å². The Bertz CT molecular complexity index is 842. The highest BCUT2D eigenvalue weighted by atomic mass is 35.5. The molecule has 136 valence electrons. The molecule has 26 heavy (non-hydrogen) atoms. The largest absolute Gasteiger partial charge is 0.505 e. The number of carbonyl (C=O) groups is 2. The van der Waals surface area contributed by atoms with E-state index in [9.17, 15) is 14.7 Å². The molecule has 0 unspecified atom stereocenters. The van der Waals surface area contributed by atoms with E-state index in [2.05, 4.69) is 0 Å². The van der Waals surface area contributed by atoms with Crippen molar-refractivity contribution in [2.45, 2.75) is 0 Å². The van der Waals surface area contributed by atoms with E-state index in [1.165, 1.54) is 12.1 Å². The van der Waals surface area contributed by atoms with Gasteiger partial charge in [0.05, 0.1) is 10.0 Å². The number of amides is 2. The number of hydrogen-bond acceptors (Lipinski definition) is 3. The minimum atomic E-state index is -0.248. The van der Waals surface area contributed by atoms with Crippen LogP contribution in [0.3, 0.4) is 0 Å². The molecule has 1 N–H and O–H groups in total. The fraction of sp³-hybridized carbons (Fsp3) is 0.222. The summed E-state index contributed by atoms with van der Waals surface area (Å²) in [7, 11) is 0. The Morgan fingerprint density at radius 2 is 1.31 bits per heavy atom. The summed E-state index contributed by atoms with van der Waals surface area (Å²) < 4.78 is 0. The molecule has 0 radical (unpaired) electrons. The fourth-order valence-electron chi connectivity index (χ4n) is 2.79. The second kappa shape index (κ2) is 7.74. The number of aromatic hydroxyl groups is 1. The number of phenols is 1. The second-order valence-electron chi connectivity index (χ2n) is 5.88. The maximum Gasteiger partial charge on any atom is 0.254 e. The van der Waals surface area contributed by atoms with Crippen LogP contribution in [0.15, 0.2) is 36.4 Å². The number of halogens is 3. The predicted octanol–water partition coefficient (Wildman–Crippen LogP) is 3.95. The van der Waals surface area contributed by atoms with Crippen molar-refractivity contribution in [2.75, 3.05) is 26.2 Å². The molecular weight excluding hydrogens is 399 g/mol. The summed E-state index contributed by atoms with van der Waals surface area (Å²) in [5, 5.41) is 10.2. The lowest BCUT2D eigenvalue weighted by Crippen LogP contribution is -2.50. The van der Waals surface area contributed by atoms with E-state index in [1.54, 1.807) is 34.1 Å². The van der Waals surface area contributed by atoms with Crippen LogP contribution in [0.5, 0.6) is 5.75 Å². The van der Waals surface area contributed by atoms with Crippen LogP contribution in [0.2, 0.25) is 15.1 Å². The summed E-state index contributed by atoms with van der Waals surface area (Å²) >= 11 is 17.7. The summed E-state index contributed by atoms with van der Waals surface area (Å²) in [6.07, 6.45) is 0. The lowest BCUT2D eigenvalue weighted by atomic mass is 10.1. The molecule has 0 aliphatic carbocycles. The normalized spacial score (nSPS) is 14.4. The van der Waals surface area contributed by atoms with Crippen LogP contribution in [0, 0.1) is 0 Å². The third-order valence-electron chi connectivity index (χ3n) is 4.19. The van der Waals surface area contributed by atoms with Gasteiger partial charge in [-0.15, -0.1) is 0 Å². The molecular formula is C18H15Cl3N2O3. The monoisotopic (exact) mass is 412 g/mol. The van der Waals surface area contributed by atoms with Crippen molar-refractivity contribution in [2.24, 2.45) is 0 Å². The van der Waals surface area contributed by atoms with Crippen LogP contribution in [0.4, 0.5) is 0 Å². The van der Waals surface area contributed by atoms with Gasteiger partial charge in [0.15, 0.2) is 5.75 Å². The molecule has 1 heterocycles. The summed E-state index contributed by atoms with van der Waals surface area (Å²) in [5.41, 5.74) is 0.821. The van der Waals surface area contributed by atoms with Gasteiger partial charge in [0.1, 0.15) is 0 Å². The van der Waals surface area contributed by atoms with Crippen molar-refractivity contribution in [1.29, 1.82) is 0 Å². The number of rotatable bonds is 2. The molecule has 8 heteroatoms. The Kier molecular flexibility index (Phi) is 5.61. The number of carbonyl (C=O) groups excluding carboxylic acids is 2. The highest BCUT2D eigenvalue weighted by molar-refractivity contribution is 6.37. The van der Waals surface area contributed by atoms with Crippen molar-refractivity contribution >= 4 is 46.6 Å². The zero-order valence-electron chi connectivity index (χ0n) is 13.6. The van der Waals surface area contributed by atoms with Gasteiger partial charge >= 0.3 is 0 Å². The van der Waals surface area contributed by atoms with Crippen LogP contribution in [-0.2, 0) is 0 Å². The topological polar surface area (TPSA) is 60.9 Å². The van der Waals surface area contributed by atoms with E-state index in [0.29, 0.717) is 42.3 Å². The van der Waals surface area contributed by atoms with E-state index in [-0.39, 0.29) is 27.6 Å². The van der Waals surface area contributed by atoms with Gasteiger partial charge < -0.3 is 14.9 Å². The van der Waals surface area contributed by atoms with Crippen molar-refractivity contribution in [3.63, 3.8) is 0 Å². The molecule has 2 aromatic rings. The zero-order valence-corrected chi connectivity index (χ0v) is 15.9. The molecule has 2 amide bonds. The van der Waals surface area contributed by atoms with Crippen LogP contribution in [0.1, 0.15) is 20.7 Å². The first-order chi connectivity index (χ1) is 12.4. The zero-order chi connectivity index (χ0) is 18.8. The maximum absolute atomic E-state index is 12.6. The third-order valence-corrected chi connectivity index (χ3v) is 5.00. The Morgan fingerprint density at radius 1 is 0.808 bits per heavy atom. The smallest absolute Gasteiger partial charge is 0.254 e. The van der Waals surface area contributed by atoms with Gasteiger partial charge in [-0.25, -0.2) is 0 Å². The molecule has 0 atom stereocenters. The number of piperazine rings is 1. The lowest BCUT2D eigenvalue weighted by Gasteiger charge is -2.35. The first-order valence-electron chi connectivity index (χ1n) is 7.89. The van der Waals surface area contributed by atoms with Crippen LogP contribution >= 0.6 is 34.8 Å². The van der Waals surface area contributed by atoms with Crippen molar-refractivity contribution in [1.82, 2.24) is 9.80 Å². The van der Waals surface area contributed by atoms with E-state index in [4.69, 9.17) is 34.8 Å². The number of hydrogen-bond donors (Lipinski definition) is 1. The number of phenolic OH excluding ortho intramolecular Hbond substituents is 1. The molecule has 1 fully saturated rings. The minimum Gasteiger partial charge on any atom is -0.505 e. The van der Waals surface area contributed by atoms with Crippen molar-refractivity contribution in [3.8, 4) is 5.75 Å². The van der Waals surface area contributed by atoms with Crippen LogP contribution < -0.4 is 0 Å². The quantitative estimate of drug-likeness (QED) is 0.811.